The lowest BCUT2D eigenvalue weighted by Gasteiger charge is -2.33. The lowest BCUT2D eigenvalue weighted by molar-refractivity contribution is -0.140. The van der Waals surface area contributed by atoms with Crippen LogP contribution in [0.25, 0.3) is 0 Å². The molecule has 0 atom stereocenters. The Morgan fingerprint density at radius 3 is 2.18 bits per heavy atom. The van der Waals surface area contributed by atoms with Crippen LogP contribution >= 0.6 is 0 Å². The maximum absolute atomic E-state index is 12.0. The van der Waals surface area contributed by atoms with Crippen molar-refractivity contribution in [2.24, 2.45) is 11.7 Å². The molecule has 1 heterocycles. The molecule has 2 rings (SSSR count). The van der Waals surface area contributed by atoms with E-state index in [4.69, 9.17) is 5.73 Å². The molecule has 0 unspecified atom stereocenters. The fourth-order valence-electron chi connectivity index (χ4n) is 2.36. The van der Waals surface area contributed by atoms with Gasteiger partial charge in [-0.3, -0.25) is 9.59 Å². The molecule has 5 nitrogen and oxygen atoms in total. The summed E-state index contributed by atoms with van der Waals surface area (Å²) < 4.78 is 0. The first kappa shape index (κ1) is 12.4. The van der Waals surface area contributed by atoms with Crippen LogP contribution in [0.15, 0.2) is 0 Å². The summed E-state index contributed by atoms with van der Waals surface area (Å²) in [5, 5.41) is 0. The lowest BCUT2D eigenvalue weighted by Crippen LogP contribution is -2.50. The average molecular weight is 239 g/mol. The largest absolute Gasteiger partial charge is 0.349 e. The number of carbonyl (C=O) groups excluding carboxylic acids is 2. The standard InChI is InChI=1S/C12H21N3O2/c1-14(2)10(16)9-3-7-15(8-4-9)11(17)12(13)5-6-12/h9H,3-8,13H2,1-2H3. The van der Waals surface area contributed by atoms with Gasteiger partial charge < -0.3 is 15.5 Å². The van der Waals surface area contributed by atoms with E-state index in [0.29, 0.717) is 13.1 Å². The summed E-state index contributed by atoms with van der Waals surface area (Å²) in [6.45, 7) is 1.34. The summed E-state index contributed by atoms with van der Waals surface area (Å²) in [6, 6.07) is 0. The second kappa shape index (κ2) is 4.29. The van der Waals surface area contributed by atoms with Crippen LogP contribution < -0.4 is 5.73 Å². The number of carbonyl (C=O) groups is 2. The molecule has 0 spiro atoms. The zero-order valence-electron chi connectivity index (χ0n) is 10.6. The van der Waals surface area contributed by atoms with Gasteiger partial charge in [0.2, 0.25) is 11.8 Å². The molecule has 0 aromatic rings. The lowest BCUT2D eigenvalue weighted by atomic mass is 9.95. The minimum absolute atomic E-state index is 0.0713. The minimum Gasteiger partial charge on any atom is -0.349 e. The van der Waals surface area contributed by atoms with E-state index in [1.165, 1.54) is 0 Å². The maximum atomic E-state index is 12.0. The van der Waals surface area contributed by atoms with Gasteiger partial charge in [0.1, 0.15) is 0 Å². The monoisotopic (exact) mass is 239 g/mol. The average Bonchev–Trinajstić information content (AvgIpc) is 3.07. The number of hydrogen-bond acceptors (Lipinski definition) is 3. The van der Waals surface area contributed by atoms with Crippen molar-refractivity contribution in [1.29, 1.82) is 0 Å². The summed E-state index contributed by atoms with van der Waals surface area (Å²) in [5.74, 6) is 0.321. The summed E-state index contributed by atoms with van der Waals surface area (Å²) in [6.07, 6.45) is 3.14. The van der Waals surface area contributed by atoms with Crippen LogP contribution in [-0.2, 0) is 9.59 Å². The number of piperidine rings is 1. The zero-order valence-corrected chi connectivity index (χ0v) is 10.6. The van der Waals surface area contributed by atoms with Gasteiger partial charge in [0.15, 0.2) is 0 Å². The van der Waals surface area contributed by atoms with Gasteiger partial charge in [-0.15, -0.1) is 0 Å². The normalized spacial score (nSPS) is 23.4. The fraction of sp³-hybridized carbons (Fsp3) is 0.833. The molecule has 1 aliphatic carbocycles. The SMILES string of the molecule is CN(C)C(=O)C1CCN(C(=O)C2(N)CC2)CC1. The van der Waals surface area contributed by atoms with Gasteiger partial charge in [-0.2, -0.15) is 0 Å². The van der Waals surface area contributed by atoms with Crippen molar-refractivity contribution < 1.29 is 9.59 Å². The number of likely N-dealkylation sites (tertiary alicyclic amines) is 1. The molecule has 2 amide bonds. The van der Waals surface area contributed by atoms with Gasteiger partial charge >= 0.3 is 0 Å². The number of amides is 2. The molecule has 0 radical (unpaired) electrons. The molecule has 0 aromatic heterocycles. The van der Waals surface area contributed by atoms with Gasteiger partial charge in [0, 0.05) is 33.1 Å². The molecule has 96 valence electrons. The van der Waals surface area contributed by atoms with Crippen LogP contribution in [0.4, 0.5) is 0 Å². The van der Waals surface area contributed by atoms with Crippen LogP contribution in [0.1, 0.15) is 25.7 Å². The van der Waals surface area contributed by atoms with Crippen molar-refractivity contribution in [3.8, 4) is 0 Å². The molecule has 2 N–H and O–H groups in total. The van der Waals surface area contributed by atoms with Crippen molar-refractivity contribution in [3.05, 3.63) is 0 Å². The third kappa shape index (κ3) is 2.44. The quantitative estimate of drug-likeness (QED) is 0.726. The highest BCUT2D eigenvalue weighted by Gasteiger charge is 2.48. The Balaban J connectivity index is 1.86. The first-order valence-electron chi connectivity index (χ1n) is 6.23. The van der Waals surface area contributed by atoms with Crippen molar-refractivity contribution in [3.63, 3.8) is 0 Å². The Hall–Kier alpha value is -1.10. The smallest absolute Gasteiger partial charge is 0.242 e. The summed E-state index contributed by atoms with van der Waals surface area (Å²) in [5.41, 5.74) is 5.33. The predicted molar refractivity (Wildman–Crippen MR) is 64.2 cm³/mol. The van der Waals surface area contributed by atoms with Gasteiger partial charge in [-0.25, -0.2) is 0 Å². The highest BCUT2D eigenvalue weighted by molar-refractivity contribution is 5.89. The number of nitrogens with two attached hydrogens (primary N) is 1. The summed E-state index contributed by atoms with van der Waals surface area (Å²) in [7, 11) is 3.55. The zero-order chi connectivity index (χ0) is 12.6. The van der Waals surface area contributed by atoms with E-state index in [0.717, 1.165) is 25.7 Å². The third-order valence-corrected chi connectivity index (χ3v) is 3.79. The molecule has 5 heteroatoms. The second-order valence-corrected chi connectivity index (χ2v) is 5.46. The van der Waals surface area contributed by atoms with Crippen LogP contribution in [0, 0.1) is 5.92 Å². The van der Waals surface area contributed by atoms with E-state index in [2.05, 4.69) is 0 Å². The Morgan fingerprint density at radius 1 is 1.24 bits per heavy atom. The molecule has 1 aliphatic heterocycles. The molecule has 0 aromatic carbocycles. The van der Waals surface area contributed by atoms with Crippen molar-refractivity contribution in [1.82, 2.24) is 9.80 Å². The van der Waals surface area contributed by atoms with Gasteiger partial charge in [0.05, 0.1) is 5.54 Å². The van der Waals surface area contributed by atoms with Gasteiger partial charge in [0.25, 0.3) is 0 Å². The second-order valence-electron chi connectivity index (χ2n) is 5.46. The minimum atomic E-state index is -0.571. The molecule has 0 bridgehead atoms. The molecule has 1 saturated heterocycles. The Kier molecular flexibility index (Phi) is 3.12. The molecule has 17 heavy (non-hydrogen) atoms. The Bertz CT molecular complexity index is 329. The van der Waals surface area contributed by atoms with Gasteiger partial charge in [-0.05, 0) is 25.7 Å². The van der Waals surface area contributed by atoms with Crippen molar-refractivity contribution in [2.75, 3.05) is 27.2 Å². The number of nitrogens with zero attached hydrogens (tertiary/aromatic N) is 2. The van der Waals surface area contributed by atoms with Crippen molar-refractivity contribution >= 4 is 11.8 Å². The van der Waals surface area contributed by atoms with Crippen LogP contribution in [0.5, 0.6) is 0 Å². The molecular formula is C12H21N3O2. The molecular weight excluding hydrogens is 218 g/mol. The van der Waals surface area contributed by atoms with Crippen LogP contribution in [-0.4, -0.2) is 54.3 Å². The Labute approximate surface area is 102 Å². The summed E-state index contributed by atoms with van der Waals surface area (Å²) >= 11 is 0. The van der Waals surface area contributed by atoms with E-state index < -0.39 is 5.54 Å². The van der Waals surface area contributed by atoms with E-state index in [1.54, 1.807) is 19.0 Å². The number of rotatable bonds is 2. The predicted octanol–water partition coefficient (Wildman–Crippen LogP) is -0.195. The third-order valence-electron chi connectivity index (χ3n) is 3.79. The molecule has 1 saturated carbocycles. The summed E-state index contributed by atoms with van der Waals surface area (Å²) in [4.78, 5) is 27.2. The van der Waals surface area contributed by atoms with E-state index in [9.17, 15) is 9.59 Å². The topological polar surface area (TPSA) is 66.6 Å². The Morgan fingerprint density at radius 2 is 1.76 bits per heavy atom. The molecule has 2 aliphatic rings. The van der Waals surface area contributed by atoms with Crippen LogP contribution in [0.3, 0.4) is 0 Å². The van der Waals surface area contributed by atoms with Crippen molar-refractivity contribution in [2.45, 2.75) is 31.2 Å². The number of hydrogen-bond donors (Lipinski definition) is 1. The maximum Gasteiger partial charge on any atom is 0.242 e. The van der Waals surface area contributed by atoms with Gasteiger partial charge in [-0.1, -0.05) is 0 Å². The highest BCUT2D eigenvalue weighted by atomic mass is 16.2. The van der Waals surface area contributed by atoms with E-state index in [-0.39, 0.29) is 17.7 Å². The fourth-order valence-corrected chi connectivity index (χ4v) is 2.36. The van der Waals surface area contributed by atoms with E-state index >= 15 is 0 Å². The molecule has 2 fully saturated rings. The van der Waals surface area contributed by atoms with Crippen LogP contribution in [0.2, 0.25) is 0 Å². The highest BCUT2D eigenvalue weighted by Crippen LogP contribution is 2.35. The first-order chi connectivity index (χ1) is 7.94. The van der Waals surface area contributed by atoms with E-state index in [1.807, 2.05) is 4.90 Å². The first-order valence-corrected chi connectivity index (χ1v) is 6.23.